The van der Waals surface area contributed by atoms with Gasteiger partial charge in [-0.2, -0.15) is 0 Å². The molecule has 0 saturated heterocycles. The van der Waals surface area contributed by atoms with Crippen LogP contribution in [-0.4, -0.2) is 50.4 Å². The van der Waals surface area contributed by atoms with Crippen molar-refractivity contribution in [3.05, 3.63) is 48.6 Å². The highest BCUT2D eigenvalue weighted by Gasteiger charge is 2.20. The molecule has 6 nitrogen and oxygen atoms in total. The van der Waals surface area contributed by atoms with Crippen LogP contribution in [0.15, 0.2) is 48.6 Å². The summed E-state index contributed by atoms with van der Waals surface area (Å²) in [5.41, 5.74) is 5.54. The molecule has 7 heteroatoms. The second-order valence-electron chi connectivity index (χ2n) is 7.00. The van der Waals surface area contributed by atoms with E-state index in [0.717, 1.165) is 12.8 Å². The van der Waals surface area contributed by atoms with Gasteiger partial charge in [-0.05, 0) is 32.1 Å². The molecule has 0 rings (SSSR count). The van der Waals surface area contributed by atoms with Gasteiger partial charge in [0.2, 0.25) is 0 Å². The number of unbranched alkanes of at least 4 members (excludes halogenated alkanes) is 3. The Kier molecular flexibility index (Phi) is 18.0. The minimum Gasteiger partial charge on any atom is -0.481 e. The van der Waals surface area contributed by atoms with Crippen LogP contribution in [0.5, 0.6) is 0 Å². The lowest BCUT2D eigenvalue weighted by molar-refractivity contribution is -0.138. The van der Waals surface area contributed by atoms with Crippen molar-refractivity contribution in [2.75, 3.05) is 5.75 Å². The van der Waals surface area contributed by atoms with Gasteiger partial charge in [0.15, 0.2) is 0 Å². The molecule has 0 amide bonds. The highest BCUT2D eigenvalue weighted by Crippen LogP contribution is 2.21. The van der Waals surface area contributed by atoms with E-state index in [1.807, 2.05) is 18.2 Å². The third-order valence-corrected chi connectivity index (χ3v) is 5.65. The Bertz CT molecular complexity index is 586. The van der Waals surface area contributed by atoms with Gasteiger partial charge in [0.1, 0.15) is 6.04 Å². The normalized spacial score (nSPS) is 15.4. The van der Waals surface area contributed by atoms with Gasteiger partial charge in [0.25, 0.3) is 0 Å². The number of hydrogen-bond donors (Lipinski definition) is 4. The Morgan fingerprint density at radius 2 is 1.73 bits per heavy atom. The number of rotatable bonds is 18. The van der Waals surface area contributed by atoms with Gasteiger partial charge in [-0.3, -0.25) is 9.59 Å². The summed E-state index contributed by atoms with van der Waals surface area (Å²) < 4.78 is 0. The summed E-state index contributed by atoms with van der Waals surface area (Å²) in [4.78, 5) is 21.5. The van der Waals surface area contributed by atoms with E-state index in [-0.39, 0.29) is 17.4 Å². The van der Waals surface area contributed by atoms with Crippen molar-refractivity contribution in [1.82, 2.24) is 0 Å². The summed E-state index contributed by atoms with van der Waals surface area (Å²) in [5, 5.41) is 27.6. The first-order valence-electron chi connectivity index (χ1n) is 10.5. The summed E-state index contributed by atoms with van der Waals surface area (Å²) >= 11 is 1.26. The Morgan fingerprint density at radius 1 is 1.00 bits per heavy atom. The number of thioether (sulfide) groups is 1. The number of aliphatic hydroxyl groups excluding tert-OH is 1. The molecule has 0 radical (unpaired) electrons. The van der Waals surface area contributed by atoms with E-state index in [4.69, 9.17) is 15.9 Å². The molecule has 0 bridgehead atoms. The van der Waals surface area contributed by atoms with Crippen LogP contribution in [0.3, 0.4) is 0 Å². The van der Waals surface area contributed by atoms with Gasteiger partial charge in [0.05, 0.1) is 6.10 Å². The summed E-state index contributed by atoms with van der Waals surface area (Å²) in [6, 6.07) is -1.01. The maximum absolute atomic E-state index is 10.9. The van der Waals surface area contributed by atoms with Crippen LogP contribution in [0.2, 0.25) is 0 Å². The third kappa shape index (κ3) is 17.1. The zero-order valence-corrected chi connectivity index (χ0v) is 18.7. The Labute approximate surface area is 184 Å². The van der Waals surface area contributed by atoms with Crippen molar-refractivity contribution in [2.45, 2.75) is 75.7 Å². The SMILES string of the molecule is CCCCC/C=C/C/C=C/C=C/C=C/[C@H](SC[C@H](N)C(=O)O)[C@@H](O)CCCC(=O)O. The van der Waals surface area contributed by atoms with Gasteiger partial charge < -0.3 is 21.1 Å². The Morgan fingerprint density at radius 3 is 2.40 bits per heavy atom. The van der Waals surface area contributed by atoms with Crippen LogP contribution < -0.4 is 5.73 Å². The Hall–Kier alpha value is -1.83. The number of nitrogens with two attached hydrogens (primary N) is 1. The second-order valence-corrected chi connectivity index (χ2v) is 8.21. The molecule has 0 fully saturated rings. The van der Waals surface area contributed by atoms with Crippen LogP contribution in [0.25, 0.3) is 0 Å². The van der Waals surface area contributed by atoms with Crippen molar-refractivity contribution in [3.63, 3.8) is 0 Å². The van der Waals surface area contributed by atoms with Crippen molar-refractivity contribution in [1.29, 1.82) is 0 Å². The minimum atomic E-state index is -1.09. The maximum Gasteiger partial charge on any atom is 0.321 e. The first-order valence-corrected chi connectivity index (χ1v) is 11.6. The summed E-state index contributed by atoms with van der Waals surface area (Å²) in [7, 11) is 0. The summed E-state index contributed by atoms with van der Waals surface area (Å²) in [5.74, 6) is -1.83. The average molecular weight is 440 g/mol. The molecule has 0 aromatic rings. The predicted octanol–water partition coefficient (Wildman–Crippen LogP) is 4.31. The van der Waals surface area contributed by atoms with Crippen molar-refractivity contribution in [2.24, 2.45) is 5.73 Å². The number of aliphatic carboxylic acids is 2. The molecule has 3 atom stereocenters. The number of hydrogen-bond acceptors (Lipinski definition) is 5. The van der Waals surface area contributed by atoms with Crippen LogP contribution in [-0.2, 0) is 9.59 Å². The van der Waals surface area contributed by atoms with Crippen molar-refractivity contribution < 1.29 is 24.9 Å². The monoisotopic (exact) mass is 439 g/mol. The van der Waals surface area contributed by atoms with Gasteiger partial charge in [-0.1, -0.05) is 68.4 Å². The topological polar surface area (TPSA) is 121 Å². The molecule has 0 aromatic carbocycles. The Balaban J connectivity index is 4.51. The molecule has 0 aliphatic heterocycles. The van der Waals surface area contributed by atoms with Crippen LogP contribution >= 0.6 is 11.8 Å². The molecular formula is C23H37NO5S. The summed E-state index contributed by atoms with van der Waals surface area (Å²) in [6.45, 7) is 2.19. The van der Waals surface area contributed by atoms with Crippen molar-refractivity contribution in [3.8, 4) is 0 Å². The molecule has 0 aliphatic carbocycles. The average Bonchev–Trinajstić information content (AvgIpc) is 2.70. The van der Waals surface area contributed by atoms with E-state index in [1.165, 1.54) is 31.0 Å². The number of carboxylic acid groups (broad SMARTS) is 2. The highest BCUT2D eigenvalue weighted by atomic mass is 32.2. The van der Waals surface area contributed by atoms with E-state index in [2.05, 4.69) is 25.2 Å². The fourth-order valence-corrected chi connectivity index (χ4v) is 3.60. The zero-order valence-electron chi connectivity index (χ0n) is 17.9. The predicted molar refractivity (Wildman–Crippen MR) is 125 cm³/mol. The fourth-order valence-electron chi connectivity index (χ4n) is 2.47. The molecule has 5 N–H and O–H groups in total. The van der Waals surface area contributed by atoms with Gasteiger partial charge in [0, 0.05) is 17.4 Å². The van der Waals surface area contributed by atoms with E-state index >= 15 is 0 Å². The fraction of sp³-hybridized carbons (Fsp3) is 0.565. The number of allylic oxidation sites excluding steroid dienone is 7. The van der Waals surface area contributed by atoms with Crippen LogP contribution in [0, 0.1) is 0 Å². The van der Waals surface area contributed by atoms with Gasteiger partial charge in [-0.25, -0.2) is 0 Å². The van der Waals surface area contributed by atoms with Gasteiger partial charge >= 0.3 is 11.9 Å². The molecular weight excluding hydrogens is 402 g/mol. The zero-order chi connectivity index (χ0) is 22.6. The maximum atomic E-state index is 10.9. The number of aliphatic hydroxyl groups is 1. The third-order valence-electron chi connectivity index (χ3n) is 4.24. The number of carboxylic acids is 2. The molecule has 0 saturated carbocycles. The van der Waals surface area contributed by atoms with E-state index in [0.29, 0.717) is 12.8 Å². The lowest BCUT2D eigenvalue weighted by Crippen LogP contribution is -2.34. The number of carbonyl (C=O) groups is 2. The molecule has 0 aromatic heterocycles. The molecule has 170 valence electrons. The second kappa shape index (κ2) is 19.2. The smallest absolute Gasteiger partial charge is 0.321 e. The lowest BCUT2D eigenvalue weighted by atomic mass is 10.1. The van der Waals surface area contributed by atoms with Crippen LogP contribution in [0.4, 0.5) is 0 Å². The first-order chi connectivity index (χ1) is 14.4. The van der Waals surface area contributed by atoms with Gasteiger partial charge in [-0.15, -0.1) is 11.8 Å². The lowest BCUT2D eigenvalue weighted by Gasteiger charge is -2.20. The molecule has 0 heterocycles. The quantitative estimate of drug-likeness (QED) is 0.143. The molecule has 0 spiro atoms. The minimum absolute atomic E-state index is 0.00938. The molecule has 30 heavy (non-hydrogen) atoms. The van der Waals surface area contributed by atoms with E-state index < -0.39 is 24.1 Å². The molecule has 0 unspecified atom stereocenters. The van der Waals surface area contributed by atoms with E-state index in [1.54, 1.807) is 12.2 Å². The van der Waals surface area contributed by atoms with Crippen LogP contribution in [0.1, 0.15) is 58.3 Å². The first kappa shape index (κ1) is 28.2. The highest BCUT2D eigenvalue weighted by molar-refractivity contribution is 8.00. The molecule has 0 aliphatic rings. The van der Waals surface area contributed by atoms with E-state index in [9.17, 15) is 14.7 Å². The largest absolute Gasteiger partial charge is 0.481 e. The standard InChI is InChI=1S/C23H37NO5S/c1-2-3-4-5-6-7-8-9-10-11-12-13-16-21(30-18-19(24)23(28)29)20(25)15-14-17-22(26)27/h6-7,9-13,16,19-21,25H,2-5,8,14-15,17-18,24H2,1H3,(H,26,27)(H,28,29)/b7-6+,10-9+,12-11+,16-13+/t19-,20-,21-/m0/s1. The summed E-state index contributed by atoms with van der Waals surface area (Å²) in [6.07, 6.45) is 21.3. The van der Waals surface area contributed by atoms with Crippen molar-refractivity contribution >= 4 is 23.7 Å².